The molecule has 1 aliphatic heterocycles. The molecule has 2 aromatic carbocycles. The molecule has 3 rings (SSSR count). The number of hydrogen-bond acceptors (Lipinski definition) is 3. The molecule has 0 bridgehead atoms. The Kier molecular flexibility index (Phi) is 4.37. The highest BCUT2D eigenvalue weighted by molar-refractivity contribution is 5.73. The molecule has 120 valence electrons. The van der Waals surface area contributed by atoms with Gasteiger partial charge in [-0.3, -0.25) is 0 Å². The van der Waals surface area contributed by atoms with Crippen LogP contribution < -0.4 is 20.1 Å². The van der Waals surface area contributed by atoms with E-state index in [1.807, 2.05) is 24.3 Å². The summed E-state index contributed by atoms with van der Waals surface area (Å²) in [4.78, 5) is 11.9. The zero-order valence-corrected chi connectivity index (χ0v) is 13.3. The van der Waals surface area contributed by atoms with Crippen LogP contribution in [-0.4, -0.2) is 12.8 Å². The van der Waals surface area contributed by atoms with E-state index in [9.17, 15) is 4.79 Å². The Balaban J connectivity index is 1.50. The first-order valence-electron chi connectivity index (χ1n) is 7.58. The fraction of sp³-hybridized carbons (Fsp3) is 0.278. The van der Waals surface area contributed by atoms with Crippen molar-refractivity contribution in [3.05, 3.63) is 58.7 Å². The molecule has 0 spiro atoms. The molecule has 0 fully saturated rings. The standard InChI is InChI=1S/C18H20N2O3/c1-12-3-5-15(13(2)7-12)10-20-18(21)19-9-14-4-6-16-17(8-14)23-11-22-16/h3-8H,9-11H2,1-2H3,(H2,19,20,21). The molecule has 2 N–H and O–H groups in total. The molecule has 0 atom stereocenters. The molecule has 2 aromatic rings. The molecule has 5 heteroatoms. The van der Waals surface area contributed by atoms with Gasteiger partial charge < -0.3 is 20.1 Å². The zero-order chi connectivity index (χ0) is 16.2. The predicted octanol–water partition coefficient (Wildman–Crippen LogP) is 3.03. The lowest BCUT2D eigenvalue weighted by atomic mass is 10.1. The molecule has 1 heterocycles. The van der Waals surface area contributed by atoms with E-state index < -0.39 is 0 Å². The highest BCUT2D eigenvalue weighted by Gasteiger charge is 2.13. The lowest BCUT2D eigenvalue weighted by Gasteiger charge is -2.10. The second-order valence-corrected chi connectivity index (χ2v) is 5.65. The first kappa shape index (κ1) is 15.2. The molecule has 2 amide bonds. The van der Waals surface area contributed by atoms with E-state index in [-0.39, 0.29) is 12.8 Å². The highest BCUT2D eigenvalue weighted by atomic mass is 16.7. The van der Waals surface area contributed by atoms with Gasteiger partial charge in [-0.1, -0.05) is 29.8 Å². The van der Waals surface area contributed by atoms with Gasteiger partial charge in [0.05, 0.1) is 0 Å². The first-order valence-corrected chi connectivity index (χ1v) is 7.58. The van der Waals surface area contributed by atoms with Crippen LogP contribution in [0.2, 0.25) is 0 Å². The molecular weight excluding hydrogens is 292 g/mol. The smallest absolute Gasteiger partial charge is 0.315 e. The van der Waals surface area contributed by atoms with Gasteiger partial charge in [0, 0.05) is 13.1 Å². The average Bonchev–Trinajstić information content (AvgIpc) is 2.99. The largest absolute Gasteiger partial charge is 0.454 e. The number of nitrogens with one attached hydrogen (secondary N) is 2. The normalized spacial score (nSPS) is 12.1. The minimum atomic E-state index is -0.192. The summed E-state index contributed by atoms with van der Waals surface area (Å²) in [5.74, 6) is 1.47. The van der Waals surface area contributed by atoms with Crippen molar-refractivity contribution in [2.24, 2.45) is 0 Å². The van der Waals surface area contributed by atoms with Crippen molar-refractivity contribution in [2.45, 2.75) is 26.9 Å². The minimum absolute atomic E-state index is 0.192. The molecule has 0 aromatic heterocycles. The number of ether oxygens (including phenoxy) is 2. The van der Waals surface area contributed by atoms with Crippen molar-refractivity contribution in [2.75, 3.05) is 6.79 Å². The Morgan fingerprint density at radius 2 is 1.78 bits per heavy atom. The number of aryl methyl sites for hydroxylation is 2. The number of carbonyl (C=O) groups excluding carboxylic acids is 1. The third kappa shape index (κ3) is 3.74. The van der Waals surface area contributed by atoms with Gasteiger partial charge in [0.15, 0.2) is 11.5 Å². The summed E-state index contributed by atoms with van der Waals surface area (Å²) in [6.07, 6.45) is 0. The predicted molar refractivity (Wildman–Crippen MR) is 87.6 cm³/mol. The van der Waals surface area contributed by atoms with Crippen molar-refractivity contribution >= 4 is 6.03 Å². The third-order valence-corrected chi connectivity index (χ3v) is 3.83. The van der Waals surface area contributed by atoms with E-state index in [1.165, 1.54) is 11.1 Å². The minimum Gasteiger partial charge on any atom is -0.454 e. The van der Waals surface area contributed by atoms with E-state index >= 15 is 0 Å². The summed E-state index contributed by atoms with van der Waals surface area (Å²) in [6, 6.07) is 11.7. The highest BCUT2D eigenvalue weighted by Crippen LogP contribution is 2.32. The Bertz CT molecular complexity index is 728. The number of urea groups is 1. The SMILES string of the molecule is Cc1ccc(CNC(=O)NCc2ccc3c(c2)OCO3)c(C)c1. The van der Waals surface area contributed by atoms with Crippen LogP contribution in [0.1, 0.15) is 22.3 Å². The summed E-state index contributed by atoms with van der Waals surface area (Å²) in [5, 5.41) is 5.72. The molecule has 0 saturated carbocycles. The van der Waals surface area contributed by atoms with Crippen molar-refractivity contribution in [3.8, 4) is 11.5 Å². The van der Waals surface area contributed by atoms with Crippen LogP contribution in [0.15, 0.2) is 36.4 Å². The molecular formula is C18H20N2O3. The van der Waals surface area contributed by atoms with Gasteiger partial charge in [-0.25, -0.2) is 4.79 Å². The average molecular weight is 312 g/mol. The van der Waals surface area contributed by atoms with Gasteiger partial charge in [-0.15, -0.1) is 0 Å². The fourth-order valence-corrected chi connectivity index (χ4v) is 2.52. The Labute approximate surface area is 135 Å². The Morgan fingerprint density at radius 3 is 2.61 bits per heavy atom. The van der Waals surface area contributed by atoms with Gasteiger partial charge in [-0.2, -0.15) is 0 Å². The van der Waals surface area contributed by atoms with Gasteiger partial charge in [0.25, 0.3) is 0 Å². The summed E-state index contributed by atoms with van der Waals surface area (Å²) >= 11 is 0. The number of carbonyl (C=O) groups is 1. The topological polar surface area (TPSA) is 59.6 Å². The van der Waals surface area contributed by atoms with Gasteiger partial charge in [0.1, 0.15) is 0 Å². The molecule has 23 heavy (non-hydrogen) atoms. The van der Waals surface area contributed by atoms with Gasteiger partial charge >= 0.3 is 6.03 Å². The number of amides is 2. The maximum absolute atomic E-state index is 11.9. The van der Waals surface area contributed by atoms with E-state index in [2.05, 4.69) is 36.6 Å². The number of fused-ring (bicyclic) bond motifs is 1. The van der Waals surface area contributed by atoms with Crippen LogP contribution in [0.4, 0.5) is 4.79 Å². The molecule has 1 aliphatic rings. The third-order valence-electron chi connectivity index (χ3n) is 3.83. The Morgan fingerprint density at radius 1 is 1.00 bits per heavy atom. The fourth-order valence-electron chi connectivity index (χ4n) is 2.52. The van der Waals surface area contributed by atoms with Gasteiger partial charge in [-0.05, 0) is 42.7 Å². The van der Waals surface area contributed by atoms with E-state index in [0.717, 1.165) is 22.6 Å². The van der Waals surface area contributed by atoms with Crippen LogP contribution in [0.3, 0.4) is 0 Å². The summed E-state index contributed by atoms with van der Waals surface area (Å²) < 4.78 is 10.6. The van der Waals surface area contributed by atoms with Gasteiger partial charge in [0.2, 0.25) is 6.79 Å². The number of hydrogen-bond donors (Lipinski definition) is 2. The van der Waals surface area contributed by atoms with E-state index in [1.54, 1.807) is 0 Å². The van der Waals surface area contributed by atoms with E-state index in [0.29, 0.717) is 13.1 Å². The first-order chi connectivity index (χ1) is 11.1. The summed E-state index contributed by atoms with van der Waals surface area (Å²) in [7, 11) is 0. The van der Waals surface area contributed by atoms with Crippen LogP contribution in [0, 0.1) is 13.8 Å². The molecule has 0 saturated heterocycles. The van der Waals surface area contributed by atoms with Crippen molar-refractivity contribution in [1.82, 2.24) is 10.6 Å². The van der Waals surface area contributed by atoms with Crippen molar-refractivity contribution in [3.63, 3.8) is 0 Å². The lowest BCUT2D eigenvalue weighted by Crippen LogP contribution is -2.34. The summed E-state index contributed by atoms with van der Waals surface area (Å²) in [6.45, 7) is 5.31. The second-order valence-electron chi connectivity index (χ2n) is 5.65. The van der Waals surface area contributed by atoms with Crippen LogP contribution in [0.25, 0.3) is 0 Å². The second kappa shape index (κ2) is 6.60. The molecule has 0 aliphatic carbocycles. The van der Waals surface area contributed by atoms with Crippen molar-refractivity contribution < 1.29 is 14.3 Å². The molecule has 5 nitrogen and oxygen atoms in total. The zero-order valence-electron chi connectivity index (χ0n) is 13.3. The Hall–Kier alpha value is -2.69. The van der Waals surface area contributed by atoms with Crippen LogP contribution >= 0.6 is 0 Å². The monoisotopic (exact) mass is 312 g/mol. The number of rotatable bonds is 4. The van der Waals surface area contributed by atoms with E-state index in [4.69, 9.17) is 9.47 Å². The quantitative estimate of drug-likeness (QED) is 0.912. The summed E-state index contributed by atoms with van der Waals surface area (Å²) in [5.41, 5.74) is 4.49. The maximum Gasteiger partial charge on any atom is 0.315 e. The lowest BCUT2D eigenvalue weighted by molar-refractivity contribution is 0.174. The molecule has 0 unspecified atom stereocenters. The van der Waals surface area contributed by atoms with Crippen LogP contribution in [-0.2, 0) is 13.1 Å². The van der Waals surface area contributed by atoms with Crippen molar-refractivity contribution in [1.29, 1.82) is 0 Å². The number of benzene rings is 2. The maximum atomic E-state index is 11.9. The molecule has 0 radical (unpaired) electrons. The van der Waals surface area contributed by atoms with Crippen LogP contribution in [0.5, 0.6) is 11.5 Å².